The van der Waals surface area contributed by atoms with Crippen molar-refractivity contribution in [3.05, 3.63) is 65.7 Å². The van der Waals surface area contributed by atoms with Crippen LogP contribution >= 0.6 is 0 Å². The summed E-state index contributed by atoms with van der Waals surface area (Å²) >= 11 is 0. The van der Waals surface area contributed by atoms with Gasteiger partial charge < -0.3 is 10.1 Å². The molecule has 0 heterocycles. The van der Waals surface area contributed by atoms with Crippen molar-refractivity contribution in [2.45, 2.75) is 32.7 Å². The van der Waals surface area contributed by atoms with E-state index in [0.717, 1.165) is 18.6 Å². The van der Waals surface area contributed by atoms with Crippen LogP contribution in [0.3, 0.4) is 0 Å². The number of carbonyl (C=O) groups is 1. The van der Waals surface area contributed by atoms with Crippen molar-refractivity contribution in [2.75, 3.05) is 6.61 Å². The van der Waals surface area contributed by atoms with Gasteiger partial charge in [0.15, 0.2) is 6.61 Å². The van der Waals surface area contributed by atoms with Gasteiger partial charge in [-0.3, -0.25) is 4.79 Å². The van der Waals surface area contributed by atoms with Gasteiger partial charge in [0.05, 0.1) is 0 Å². The monoisotopic (exact) mass is 297 g/mol. The average molecular weight is 297 g/mol. The molecular weight excluding hydrogens is 274 g/mol. The lowest BCUT2D eigenvalue weighted by Gasteiger charge is -2.14. The standard InChI is InChI=1S/C19H23NO2/c1-15-8-12-18(13-9-15)22-14-19(21)20-16(2)10-11-17-6-4-3-5-7-17/h3-9,12-13,16H,10-11,14H2,1-2H3,(H,20,21)/t16-/m1/s1. The highest BCUT2D eigenvalue weighted by Gasteiger charge is 2.08. The van der Waals surface area contributed by atoms with Crippen LogP contribution in [-0.2, 0) is 11.2 Å². The predicted molar refractivity (Wildman–Crippen MR) is 89.0 cm³/mol. The highest BCUT2D eigenvalue weighted by atomic mass is 16.5. The molecule has 2 aromatic carbocycles. The summed E-state index contributed by atoms with van der Waals surface area (Å²) in [4.78, 5) is 11.9. The van der Waals surface area contributed by atoms with E-state index in [4.69, 9.17) is 4.74 Å². The van der Waals surface area contributed by atoms with E-state index >= 15 is 0 Å². The maximum Gasteiger partial charge on any atom is 0.258 e. The fourth-order valence-electron chi connectivity index (χ4n) is 2.20. The second kappa shape index (κ2) is 8.23. The lowest BCUT2D eigenvalue weighted by atomic mass is 10.1. The van der Waals surface area contributed by atoms with Gasteiger partial charge in [-0.25, -0.2) is 0 Å². The second-order valence-corrected chi connectivity index (χ2v) is 5.59. The molecule has 0 spiro atoms. The highest BCUT2D eigenvalue weighted by molar-refractivity contribution is 5.77. The van der Waals surface area contributed by atoms with Gasteiger partial charge >= 0.3 is 0 Å². The summed E-state index contributed by atoms with van der Waals surface area (Å²) in [7, 11) is 0. The van der Waals surface area contributed by atoms with Gasteiger partial charge in [0.25, 0.3) is 5.91 Å². The Morgan fingerprint density at radius 3 is 2.45 bits per heavy atom. The van der Waals surface area contributed by atoms with Crippen molar-refractivity contribution < 1.29 is 9.53 Å². The Hall–Kier alpha value is -2.29. The maximum atomic E-state index is 11.9. The quantitative estimate of drug-likeness (QED) is 0.849. The molecule has 116 valence electrons. The number of aryl methyl sites for hydroxylation is 2. The van der Waals surface area contributed by atoms with E-state index in [9.17, 15) is 4.79 Å². The molecule has 2 aromatic rings. The van der Waals surface area contributed by atoms with Gasteiger partial charge in [0.1, 0.15) is 5.75 Å². The molecule has 0 aromatic heterocycles. The molecule has 2 rings (SSSR count). The minimum absolute atomic E-state index is 0.0543. The summed E-state index contributed by atoms with van der Waals surface area (Å²) in [5, 5.41) is 2.97. The first kappa shape index (κ1) is 16.1. The van der Waals surface area contributed by atoms with Crippen LogP contribution in [0.15, 0.2) is 54.6 Å². The van der Waals surface area contributed by atoms with Crippen LogP contribution in [0.2, 0.25) is 0 Å². The Balaban J connectivity index is 1.68. The lowest BCUT2D eigenvalue weighted by molar-refractivity contribution is -0.123. The van der Waals surface area contributed by atoms with Gasteiger partial charge in [-0.05, 0) is 44.4 Å². The van der Waals surface area contributed by atoms with Crippen molar-refractivity contribution in [1.82, 2.24) is 5.32 Å². The summed E-state index contributed by atoms with van der Waals surface area (Å²) in [5.41, 5.74) is 2.46. The van der Waals surface area contributed by atoms with Crippen LogP contribution in [0.4, 0.5) is 0 Å². The van der Waals surface area contributed by atoms with Crippen LogP contribution in [0.1, 0.15) is 24.5 Å². The molecule has 0 bridgehead atoms. The molecule has 0 saturated carbocycles. The number of nitrogens with one attached hydrogen (secondary N) is 1. The fourth-order valence-corrected chi connectivity index (χ4v) is 2.20. The van der Waals surface area contributed by atoms with Crippen LogP contribution in [-0.4, -0.2) is 18.6 Å². The van der Waals surface area contributed by atoms with Gasteiger partial charge in [-0.2, -0.15) is 0 Å². The average Bonchev–Trinajstić information content (AvgIpc) is 2.53. The molecule has 3 nitrogen and oxygen atoms in total. The number of rotatable bonds is 7. The smallest absolute Gasteiger partial charge is 0.258 e. The Kier molecular flexibility index (Phi) is 6.01. The number of ether oxygens (including phenoxy) is 1. The molecule has 1 N–H and O–H groups in total. The summed E-state index contributed by atoms with van der Waals surface area (Å²) < 4.78 is 5.47. The van der Waals surface area contributed by atoms with Gasteiger partial charge in [0.2, 0.25) is 0 Å². The molecule has 0 aliphatic carbocycles. The largest absolute Gasteiger partial charge is 0.484 e. The Labute approximate surface area is 132 Å². The molecule has 0 unspecified atom stereocenters. The number of hydrogen-bond acceptors (Lipinski definition) is 2. The van der Waals surface area contributed by atoms with Crippen molar-refractivity contribution in [2.24, 2.45) is 0 Å². The summed E-state index contributed by atoms with van der Waals surface area (Å²) in [5.74, 6) is 0.638. The van der Waals surface area contributed by atoms with Crippen molar-refractivity contribution >= 4 is 5.91 Å². The minimum Gasteiger partial charge on any atom is -0.484 e. The maximum absolute atomic E-state index is 11.9. The number of amides is 1. The third-order valence-corrected chi connectivity index (χ3v) is 3.51. The molecule has 0 aliphatic heterocycles. The summed E-state index contributed by atoms with van der Waals surface area (Å²) in [6, 6.07) is 18.1. The zero-order valence-electron chi connectivity index (χ0n) is 13.2. The normalized spacial score (nSPS) is 11.7. The molecule has 1 atom stereocenters. The van der Waals surface area contributed by atoms with Crippen molar-refractivity contribution in [1.29, 1.82) is 0 Å². The zero-order valence-corrected chi connectivity index (χ0v) is 13.2. The Morgan fingerprint density at radius 1 is 1.09 bits per heavy atom. The van der Waals surface area contributed by atoms with Crippen LogP contribution in [0.25, 0.3) is 0 Å². The second-order valence-electron chi connectivity index (χ2n) is 5.59. The first-order chi connectivity index (χ1) is 10.6. The Bertz CT molecular complexity index is 578. The van der Waals surface area contributed by atoms with E-state index in [1.807, 2.05) is 56.3 Å². The topological polar surface area (TPSA) is 38.3 Å². The summed E-state index contributed by atoms with van der Waals surface area (Å²) in [6.45, 7) is 4.09. The minimum atomic E-state index is -0.0823. The van der Waals surface area contributed by atoms with E-state index in [-0.39, 0.29) is 18.6 Å². The first-order valence-corrected chi connectivity index (χ1v) is 7.66. The molecule has 1 amide bonds. The van der Waals surface area contributed by atoms with E-state index in [2.05, 4.69) is 17.4 Å². The van der Waals surface area contributed by atoms with Crippen LogP contribution in [0, 0.1) is 6.92 Å². The van der Waals surface area contributed by atoms with E-state index < -0.39 is 0 Å². The van der Waals surface area contributed by atoms with Gasteiger partial charge in [0, 0.05) is 6.04 Å². The third kappa shape index (κ3) is 5.60. The van der Waals surface area contributed by atoms with Crippen LogP contribution in [0.5, 0.6) is 5.75 Å². The summed E-state index contributed by atoms with van der Waals surface area (Å²) in [6.07, 6.45) is 1.88. The fraction of sp³-hybridized carbons (Fsp3) is 0.316. The SMILES string of the molecule is Cc1ccc(OCC(=O)N[C@H](C)CCc2ccccc2)cc1. The predicted octanol–water partition coefficient (Wildman–Crippen LogP) is 3.51. The van der Waals surface area contributed by atoms with E-state index in [1.54, 1.807) is 0 Å². The highest BCUT2D eigenvalue weighted by Crippen LogP contribution is 2.11. The first-order valence-electron chi connectivity index (χ1n) is 7.66. The van der Waals surface area contributed by atoms with E-state index in [0.29, 0.717) is 0 Å². The number of benzene rings is 2. The van der Waals surface area contributed by atoms with Gasteiger partial charge in [-0.1, -0.05) is 48.0 Å². The molecule has 22 heavy (non-hydrogen) atoms. The number of hydrogen-bond donors (Lipinski definition) is 1. The third-order valence-electron chi connectivity index (χ3n) is 3.51. The zero-order chi connectivity index (χ0) is 15.8. The molecule has 0 saturated heterocycles. The molecule has 0 fully saturated rings. The van der Waals surface area contributed by atoms with Crippen molar-refractivity contribution in [3.63, 3.8) is 0 Å². The molecule has 0 aliphatic rings. The van der Waals surface area contributed by atoms with E-state index in [1.165, 1.54) is 11.1 Å². The van der Waals surface area contributed by atoms with Crippen LogP contribution < -0.4 is 10.1 Å². The van der Waals surface area contributed by atoms with Crippen molar-refractivity contribution in [3.8, 4) is 5.75 Å². The molecule has 0 radical (unpaired) electrons. The Morgan fingerprint density at radius 2 is 1.77 bits per heavy atom. The van der Waals surface area contributed by atoms with Gasteiger partial charge in [-0.15, -0.1) is 0 Å². The molecule has 3 heteroatoms. The lowest BCUT2D eigenvalue weighted by Crippen LogP contribution is -2.36. The molecular formula is C19H23NO2. The number of carbonyl (C=O) groups excluding carboxylic acids is 1.